The zero-order chi connectivity index (χ0) is 9.47. The van der Waals surface area contributed by atoms with Crippen LogP contribution in [-0.4, -0.2) is 18.2 Å². The molecule has 1 aromatic carbocycles. The van der Waals surface area contributed by atoms with Gasteiger partial charge in [0.15, 0.2) is 0 Å². The zero-order valence-electron chi connectivity index (χ0n) is 7.26. The van der Waals surface area contributed by atoms with Crippen molar-refractivity contribution in [2.75, 3.05) is 13.1 Å². The molecule has 0 aromatic heterocycles. The summed E-state index contributed by atoms with van der Waals surface area (Å²) in [6.45, 7) is 1.16. The SMILES string of the molecule is Cl.OC1(c2ccc(Br)cc2Cl)CNC1. The minimum Gasteiger partial charge on any atom is -0.382 e. The first-order chi connectivity index (χ1) is 6.12. The summed E-state index contributed by atoms with van der Waals surface area (Å²) in [6, 6.07) is 5.54. The van der Waals surface area contributed by atoms with Crippen molar-refractivity contribution in [3.8, 4) is 0 Å². The number of hydrogen-bond donors (Lipinski definition) is 2. The summed E-state index contributed by atoms with van der Waals surface area (Å²) in [6.07, 6.45) is 0. The Morgan fingerprint density at radius 3 is 2.50 bits per heavy atom. The van der Waals surface area contributed by atoms with Gasteiger partial charge in [-0.15, -0.1) is 12.4 Å². The van der Waals surface area contributed by atoms with Crippen molar-refractivity contribution in [3.63, 3.8) is 0 Å². The van der Waals surface area contributed by atoms with Gasteiger partial charge in [0, 0.05) is 28.1 Å². The summed E-state index contributed by atoms with van der Waals surface area (Å²) in [4.78, 5) is 0. The van der Waals surface area contributed by atoms with E-state index in [0.29, 0.717) is 18.1 Å². The molecule has 2 N–H and O–H groups in total. The summed E-state index contributed by atoms with van der Waals surface area (Å²) in [5.74, 6) is 0. The Morgan fingerprint density at radius 1 is 1.43 bits per heavy atom. The van der Waals surface area contributed by atoms with Gasteiger partial charge in [-0.3, -0.25) is 0 Å². The first kappa shape index (κ1) is 12.3. The highest BCUT2D eigenvalue weighted by Gasteiger charge is 2.37. The van der Waals surface area contributed by atoms with Crippen molar-refractivity contribution in [2.45, 2.75) is 5.60 Å². The molecule has 1 aliphatic heterocycles. The van der Waals surface area contributed by atoms with Crippen LogP contribution in [0.1, 0.15) is 5.56 Å². The summed E-state index contributed by atoms with van der Waals surface area (Å²) in [7, 11) is 0. The van der Waals surface area contributed by atoms with E-state index >= 15 is 0 Å². The molecule has 1 fully saturated rings. The van der Waals surface area contributed by atoms with Crippen LogP contribution in [0, 0.1) is 0 Å². The van der Waals surface area contributed by atoms with Crippen LogP contribution in [-0.2, 0) is 5.60 Å². The lowest BCUT2D eigenvalue weighted by Crippen LogP contribution is -2.56. The van der Waals surface area contributed by atoms with E-state index in [9.17, 15) is 5.11 Å². The Kier molecular flexibility index (Phi) is 3.83. The smallest absolute Gasteiger partial charge is 0.116 e. The molecule has 0 bridgehead atoms. The molecule has 2 rings (SSSR count). The van der Waals surface area contributed by atoms with Crippen LogP contribution in [0.2, 0.25) is 5.02 Å². The fraction of sp³-hybridized carbons (Fsp3) is 0.333. The van der Waals surface area contributed by atoms with Gasteiger partial charge in [0.25, 0.3) is 0 Å². The van der Waals surface area contributed by atoms with Crippen molar-refractivity contribution >= 4 is 39.9 Å². The molecule has 5 heteroatoms. The van der Waals surface area contributed by atoms with Crippen molar-refractivity contribution in [2.24, 2.45) is 0 Å². The van der Waals surface area contributed by atoms with E-state index in [1.54, 1.807) is 6.07 Å². The second-order valence-corrected chi connectivity index (χ2v) is 4.58. The van der Waals surface area contributed by atoms with Crippen LogP contribution in [0.15, 0.2) is 22.7 Å². The van der Waals surface area contributed by atoms with Gasteiger partial charge in [0.05, 0.1) is 0 Å². The van der Waals surface area contributed by atoms with Crippen LogP contribution < -0.4 is 5.32 Å². The Hall–Kier alpha value is 0.200. The number of rotatable bonds is 1. The number of benzene rings is 1. The van der Waals surface area contributed by atoms with E-state index in [1.807, 2.05) is 12.1 Å². The molecule has 0 radical (unpaired) electrons. The maximum atomic E-state index is 9.99. The fourth-order valence-electron chi connectivity index (χ4n) is 1.42. The van der Waals surface area contributed by atoms with Gasteiger partial charge in [0.2, 0.25) is 0 Å². The fourth-order valence-corrected chi connectivity index (χ4v) is 2.27. The average molecular weight is 299 g/mol. The summed E-state index contributed by atoms with van der Waals surface area (Å²) >= 11 is 9.33. The molecule has 78 valence electrons. The largest absolute Gasteiger partial charge is 0.382 e. The van der Waals surface area contributed by atoms with Crippen molar-refractivity contribution < 1.29 is 5.11 Å². The number of hydrogen-bond acceptors (Lipinski definition) is 2. The Balaban J connectivity index is 0.000000980. The molecule has 1 aliphatic rings. The minimum absolute atomic E-state index is 0. The standard InChI is InChI=1S/C9H9BrClNO.ClH/c10-6-1-2-7(8(11)3-6)9(13)4-12-5-9;/h1-3,12-13H,4-5H2;1H. The lowest BCUT2D eigenvalue weighted by molar-refractivity contribution is -0.0145. The van der Waals surface area contributed by atoms with E-state index < -0.39 is 5.60 Å². The molecule has 1 heterocycles. The van der Waals surface area contributed by atoms with Crippen LogP contribution in [0.3, 0.4) is 0 Å². The van der Waals surface area contributed by atoms with E-state index in [2.05, 4.69) is 21.2 Å². The second-order valence-electron chi connectivity index (χ2n) is 3.26. The highest BCUT2D eigenvalue weighted by atomic mass is 79.9. The number of nitrogens with one attached hydrogen (secondary N) is 1. The topological polar surface area (TPSA) is 32.3 Å². The molecule has 0 unspecified atom stereocenters. The van der Waals surface area contributed by atoms with Gasteiger partial charge in [-0.1, -0.05) is 33.6 Å². The van der Waals surface area contributed by atoms with E-state index in [-0.39, 0.29) is 12.4 Å². The zero-order valence-corrected chi connectivity index (χ0v) is 10.4. The predicted molar refractivity (Wildman–Crippen MR) is 63.2 cm³/mol. The molecular formula is C9H10BrCl2NO. The van der Waals surface area contributed by atoms with Crippen LogP contribution in [0.4, 0.5) is 0 Å². The third-order valence-electron chi connectivity index (χ3n) is 2.27. The third-order valence-corrected chi connectivity index (χ3v) is 3.07. The molecule has 0 aliphatic carbocycles. The predicted octanol–water partition coefficient (Wildman–Crippen LogP) is 2.32. The molecule has 14 heavy (non-hydrogen) atoms. The Morgan fingerprint density at radius 2 is 2.07 bits per heavy atom. The number of halogens is 3. The van der Waals surface area contributed by atoms with Crippen molar-refractivity contribution in [1.29, 1.82) is 0 Å². The van der Waals surface area contributed by atoms with E-state index in [0.717, 1.165) is 10.0 Å². The average Bonchev–Trinajstić information content (AvgIpc) is 2.00. The molecule has 1 aromatic rings. The number of β-amino-alcohol motifs (C(OH)–C–C–N with tert-alkyl or cyclic N) is 1. The first-order valence-electron chi connectivity index (χ1n) is 4.00. The van der Waals surface area contributed by atoms with Gasteiger partial charge in [-0.2, -0.15) is 0 Å². The Bertz CT molecular complexity index is 342. The molecule has 2 nitrogen and oxygen atoms in total. The first-order valence-corrected chi connectivity index (χ1v) is 5.17. The minimum atomic E-state index is -0.766. The number of aliphatic hydroxyl groups is 1. The van der Waals surface area contributed by atoms with Gasteiger partial charge in [0.1, 0.15) is 5.60 Å². The second kappa shape index (κ2) is 4.37. The van der Waals surface area contributed by atoms with E-state index in [1.165, 1.54) is 0 Å². The molecule has 1 saturated heterocycles. The molecule has 0 atom stereocenters. The summed E-state index contributed by atoms with van der Waals surface area (Å²) in [5.41, 5.74) is 0.0359. The highest BCUT2D eigenvalue weighted by Crippen LogP contribution is 2.32. The third kappa shape index (κ3) is 2.07. The molecule has 0 saturated carbocycles. The highest BCUT2D eigenvalue weighted by molar-refractivity contribution is 9.10. The van der Waals surface area contributed by atoms with Gasteiger partial charge in [-0.05, 0) is 12.1 Å². The van der Waals surface area contributed by atoms with Gasteiger partial charge >= 0.3 is 0 Å². The maximum absolute atomic E-state index is 9.99. The van der Waals surface area contributed by atoms with Crippen molar-refractivity contribution in [3.05, 3.63) is 33.3 Å². The maximum Gasteiger partial charge on any atom is 0.116 e. The van der Waals surface area contributed by atoms with Gasteiger partial charge < -0.3 is 10.4 Å². The van der Waals surface area contributed by atoms with Crippen LogP contribution in [0.5, 0.6) is 0 Å². The quantitative estimate of drug-likeness (QED) is 0.834. The van der Waals surface area contributed by atoms with Crippen LogP contribution in [0.25, 0.3) is 0 Å². The summed E-state index contributed by atoms with van der Waals surface area (Å²) in [5, 5.41) is 13.6. The lowest BCUT2D eigenvalue weighted by atomic mass is 9.88. The summed E-state index contributed by atoms with van der Waals surface area (Å²) < 4.78 is 0.928. The molecule has 0 spiro atoms. The van der Waals surface area contributed by atoms with Crippen LogP contribution >= 0.6 is 39.9 Å². The van der Waals surface area contributed by atoms with E-state index in [4.69, 9.17) is 11.6 Å². The molecular weight excluding hydrogens is 289 g/mol. The van der Waals surface area contributed by atoms with Gasteiger partial charge in [-0.25, -0.2) is 0 Å². The Labute approximate surface area is 102 Å². The molecule has 0 amide bonds. The normalized spacial score (nSPS) is 18.2. The van der Waals surface area contributed by atoms with Crippen molar-refractivity contribution in [1.82, 2.24) is 5.32 Å². The lowest BCUT2D eigenvalue weighted by Gasteiger charge is -2.38. The monoisotopic (exact) mass is 297 g/mol.